The fourth-order valence-electron chi connectivity index (χ4n) is 4.79. The second kappa shape index (κ2) is 8.73. The lowest BCUT2D eigenvalue weighted by Crippen LogP contribution is -2.25. The van der Waals surface area contributed by atoms with Crippen LogP contribution in [0.25, 0.3) is 5.82 Å². The molecule has 2 aromatic heterocycles. The van der Waals surface area contributed by atoms with Gasteiger partial charge in [0.25, 0.3) is 0 Å². The Balaban J connectivity index is 1.57. The highest BCUT2D eigenvalue weighted by molar-refractivity contribution is 5.95. The van der Waals surface area contributed by atoms with Crippen LogP contribution in [0.1, 0.15) is 48.9 Å². The van der Waals surface area contributed by atoms with Gasteiger partial charge in [0.2, 0.25) is 5.91 Å². The highest BCUT2D eigenvalue weighted by atomic mass is 16.5. The molecule has 1 saturated heterocycles. The summed E-state index contributed by atoms with van der Waals surface area (Å²) in [5.74, 6) is 3.08. The zero-order valence-corrected chi connectivity index (χ0v) is 19.2. The number of aryl methyl sites for hydroxylation is 1. The van der Waals surface area contributed by atoms with Crippen LogP contribution in [-0.4, -0.2) is 52.7 Å². The Morgan fingerprint density at radius 1 is 1.12 bits per heavy atom. The minimum absolute atomic E-state index is 0.0828. The first-order chi connectivity index (χ1) is 16.1. The van der Waals surface area contributed by atoms with Crippen LogP contribution in [0.3, 0.4) is 0 Å². The average Bonchev–Trinajstić information content (AvgIpc) is 3.48. The van der Waals surface area contributed by atoms with Crippen LogP contribution in [0.15, 0.2) is 30.3 Å². The van der Waals surface area contributed by atoms with Crippen LogP contribution in [0.4, 0.5) is 11.6 Å². The Morgan fingerprint density at radius 3 is 2.58 bits per heavy atom. The number of para-hydroxylation sites is 1. The number of hydrogen-bond acceptors (Lipinski definition) is 7. The highest BCUT2D eigenvalue weighted by Crippen LogP contribution is 2.45. The molecule has 0 bridgehead atoms. The number of fused-ring (bicyclic) bond motifs is 1. The second-order valence-electron chi connectivity index (χ2n) is 8.32. The molecule has 1 aromatic carbocycles. The fraction of sp³-hybridized carbons (Fsp3) is 0.417. The molecule has 9 heteroatoms. The Kier molecular flexibility index (Phi) is 5.62. The third-order valence-corrected chi connectivity index (χ3v) is 6.28. The zero-order chi connectivity index (χ0) is 22.9. The molecule has 2 aliphatic heterocycles. The number of anilines is 2. The molecule has 1 N–H and O–H groups in total. The lowest BCUT2D eigenvalue weighted by molar-refractivity contribution is -0.116. The zero-order valence-electron chi connectivity index (χ0n) is 19.2. The molecule has 0 radical (unpaired) electrons. The van der Waals surface area contributed by atoms with E-state index in [0.717, 1.165) is 35.7 Å². The monoisotopic (exact) mass is 448 g/mol. The number of benzene rings is 1. The predicted octanol–water partition coefficient (Wildman–Crippen LogP) is 3.45. The number of nitrogens with one attached hydrogen (secondary N) is 1. The topological polar surface area (TPSA) is 94.4 Å². The van der Waals surface area contributed by atoms with E-state index in [4.69, 9.17) is 14.6 Å². The average molecular weight is 449 g/mol. The number of hydrogen-bond donors (Lipinski definition) is 1. The third-order valence-electron chi connectivity index (χ3n) is 6.28. The summed E-state index contributed by atoms with van der Waals surface area (Å²) in [4.78, 5) is 15.0. The van der Waals surface area contributed by atoms with Crippen molar-refractivity contribution in [3.8, 4) is 17.3 Å². The van der Waals surface area contributed by atoms with E-state index in [2.05, 4.69) is 20.4 Å². The highest BCUT2D eigenvalue weighted by Gasteiger charge is 2.35. The number of methoxy groups -OCH3 is 1. The number of amides is 1. The first kappa shape index (κ1) is 21.2. The van der Waals surface area contributed by atoms with E-state index in [1.54, 1.807) is 11.8 Å². The summed E-state index contributed by atoms with van der Waals surface area (Å²) in [7, 11) is 1.62. The SMILES string of the molecule is CCOc1c(OC)cccc1[C@@H]1CC(=O)Nc2c1c(C)nn2-c1ccc(N2CCCC2)nn1. The van der Waals surface area contributed by atoms with E-state index in [-0.39, 0.29) is 11.8 Å². The van der Waals surface area contributed by atoms with E-state index in [0.29, 0.717) is 36.2 Å². The molecule has 2 aliphatic rings. The van der Waals surface area contributed by atoms with Gasteiger partial charge in [-0.3, -0.25) is 4.79 Å². The van der Waals surface area contributed by atoms with Crippen molar-refractivity contribution in [2.75, 3.05) is 37.0 Å². The van der Waals surface area contributed by atoms with Crippen LogP contribution in [-0.2, 0) is 4.79 Å². The number of ether oxygens (including phenoxy) is 2. The lowest BCUT2D eigenvalue weighted by atomic mass is 9.85. The summed E-state index contributed by atoms with van der Waals surface area (Å²) in [6.07, 6.45) is 2.65. The van der Waals surface area contributed by atoms with Crippen molar-refractivity contribution in [1.29, 1.82) is 0 Å². The van der Waals surface area contributed by atoms with Gasteiger partial charge in [-0.25, -0.2) is 0 Å². The van der Waals surface area contributed by atoms with E-state index >= 15 is 0 Å². The second-order valence-corrected chi connectivity index (χ2v) is 8.32. The molecule has 4 heterocycles. The van der Waals surface area contributed by atoms with Crippen LogP contribution in [0.5, 0.6) is 11.5 Å². The minimum Gasteiger partial charge on any atom is -0.493 e. The van der Waals surface area contributed by atoms with E-state index in [9.17, 15) is 4.79 Å². The molecule has 172 valence electrons. The Labute approximate surface area is 192 Å². The molecule has 33 heavy (non-hydrogen) atoms. The predicted molar refractivity (Wildman–Crippen MR) is 125 cm³/mol. The molecule has 0 spiro atoms. The molecule has 0 aliphatic carbocycles. The Hall–Kier alpha value is -3.62. The summed E-state index contributed by atoms with van der Waals surface area (Å²) < 4.78 is 13.2. The Morgan fingerprint density at radius 2 is 1.88 bits per heavy atom. The maximum absolute atomic E-state index is 12.8. The summed E-state index contributed by atoms with van der Waals surface area (Å²) in [5, 5.41) is 16.6. The summed E-state index contributed by atoms with van der Waals surface area (Å²) >= 11 is 0. The lowest BCUT2D eigenvalue weighted by Gasteiger charge is -2.26. The molecule has 9 nitrogen and oxygen atoms in total. The molecule has 1 atom stereocenters. The van der Waals surface area contributed by atoms with Crippen molar-refractivity contribution >= 4 is 17.5 Å². The number of carbonyl (C=O) groups is 1. The van der Waals surface area contributed by atoms with E-state index in [1.807, 2.05) is 44.2 Å². The summed E-state index contributed by atoms with van der Waals surface area (Å²) in [6, 6.07) is 9.65. The van der Waals surface area contributed by atoms with Crippen molar-refractivity contribution in [1.82, 2.24) is 20.0 Å². The fourth-order valence-corrected chi connectivity index (χ4v) is 4.79. The molecule has 1 fully saturated rings. The first-order valence-corrected chi connectivity index (χ1v) is 11.4. The Bertz CT molecular complexity index is 1170. The van der Waals surface area contributed by atoms with Gasteiger partial charge in [-0.2, -0.15) is 9.78 Å². The van der Waals surface area contributed by atoms with Gasteiger partial charge in [-0.05, 0) is 44.9 Å². The van der Waals surface area contributed by atoms with Crippen LogP contribution in [0, 0.1) is 6.92 Å². The van der Waals surface area contributed by atoms with Crippen LogP contribution < -0.4 is 19.7 Å². The first-order valence-electron chi connectivity index (χ1n) is 11.4. The van der Waals surface area contributed by atoms with Gasteiger partial charge in [0.15, 0.2) is 23.1 Å². The van der Waals surface area contributed by atoms with Crippen molar-refractivity contribution in [3.05, 3.63) is 47.2 Å². The van der Waals surface area contributed by atoms with Gasteiger partial charge in [0, 0.05) is 36.6 Å². The summed E-state index contributed by atoms with van der Waals surface area (Å²) in [6.45, 7) is 6.39. The number of nitrogens with zero attached hydrogens (tertiary/aromatic N) is 5. The van der Waals surface area contributed by atoms with Crippen molar-refractivity contribution in [3.63, 3.8) is 0 Å². The van der Waals surface area contributed by atoms with Crippen molar-refractivity contribution in [2.24, 2.45) is 0 Å². The number of aromatic nitrogens is 4. The van der Waals surface area contributed by atoms with Gasteiger partial charge in [0.05, 0.1) is 19.4 Å². The van der Waals surface area contributed by atoms with Gasteiger partial charge in [0.1, 0.15) is 5.82 Å². The molecular weight excluding hydrogens is 420 g/mol. The standard InChI is InChI=1S/C24H28N6O3/c1-4-33-23-16(8-7-9-18(23)32-3)17-14-21(31)25-24-22(17)15(2)28-30(24)20-11-10-19(26-27-20)29-12-5-6-13-29/h7-11,17H,4-6,12-14H2,1-3H3,(H,25,31)/t17-/m0/s1. The van der Waals surface area contributed by atoms with Gasteiger partial charge < -0.3 is 19.7 Å². The van der Waals surface area contributed by atoms with Crippen molar-refractivity contribution in [2.45, 2.75) is 39.0 Å². The molecule has 1 amide bonds. The summed E-state index contributed by atoms with van der Waals surface area (Å²) in [5.41, 5.74) is 2.69. The van der Waals surface area contributed by atoms with Gasteiger partial charge in [-0.15, -0.1) is 10.2 Å². The number of rotatable bonds is 6. The van der Waals surface area contributed by atoms with E-state index in [1.165, 1.54) is 12.8 Å². The third kappa shape index (κ3) is 3.77. The van der Waals surface area contributed by atoms with E-state index < -0.39 is 0 Å². The largest absolute Gasteiger partial charge is 0.493 e. The normalized spacial score (nSPS) is 17.6. The van der Waals surface area contributed by atoms with Gasteiger partial charge >= 0.3 is 0 Å². The minimum atomic E-state index is -0.212. The number of carbonyl (C=O) groups excluding carboxylic acids is 1. The molecule has 5 rings (SSSR count). The molecule has 0 unspecified atom stereocenters. The van der Waals surface area contributed by atoms with Crippen molar-refractivity contribution < 1.29 is 14.3 Å². The van der Waals surface area contributed by atoms with Crippen LogP contribution in [0.2, 0.25) is 0 Å². The van der Waals surface area contributed by atoms with Gasteiger partial charge in [-0.1, -0.05) is 12.1 Å². The molecular formula is C24H28N6O3. The quantitative estimate of drug-likeness (QED) is 0.617. The maximum atomic E-state index is 12.8. The van der Waals surface area contributed by atoms with Crippen LogP contribution >= 0.6 is 0 Å². The maximum Gasteiger partial charge on any atom is 0.226 e. The molecule has 0 saturated carbocycles. The molecule has 3 aromatic rings. The smallest absolute Gasteiger partial charge is 0.226 e.